The number of benzene rings is 2. The minimum Gasteiger partial charge on any atom is -0.320 e. The third kappa shape index (κ3) is 3.09. The lowest BCUT2D eigenvalue weighted by molar-refractivity contribution is 0.596. The second kappa shape index (κ2) is 6.69. The molecule has 0 aliphatic carbocycles. The molecule has 2 heterocycles. The molecule has 0 saturated carbocycles. The van der Waals surface area contributed by atoms with Crippen LogP contribution in [0.4, 0.5) is 11.4 Å². The fourth-order valence-electron chi connectivity index (χ4n) is 2.87. The topological polar surface area (TPSA) is 83.1 Å². The second-order valence-electron chi connectivity index (χ2n) is 5.86. The molecular formula is C20H15N3O3S. The molecule has 0 aliphatic rings. The number of nitrogens with one attached hydrogen (secondary N) is 1. The average Bonchev–Trinajstić information content (AvgIpc) is 2.70. The van der Waals surface area contributed by atoms with E-state index in [0.29, 0.717) is 5.52 Å². The van der Waals surface area contributed by atoms with Gasteiger partial charge in [-0.15, -0.1) is 0 Å². The number of pyridine rings is 2. The molecule has 1 N–H and O–H groups in total. The van der Waals surface area contributed by atoms with Crippen LogP contribution in [0.5, 0.6) is 0 Å². The van der Waals surface area contributed by atoms with Crippen molar-refractivity contribution in [1.82, 2.24) is 9.97 Å². The van der Waals surface area contributed by atoms with E-state index in [0.717, 1.165) is 9.69 Å². The van der Waals surface area contributed by atoms with Crippen LogP contribution in [0, 0.1) is 0 Å². The molecule has 0 amide bonds. The number of aromatic nitrogens is 2. The van der Waals surface area contributed by atoms with Gasteiger partial charge in [0, 0.05) is 17.1 Å². The van der Waals surface area contributed by atoms with E-state index in [2.05, 4.69) is 9.97 Å². The predicted octanol–water partition coefficient (Wildman–Crippen LogP) is 3.45. The zero-order valence-corrected chi connectivity index (χ0v) is 14.9. The van der Waals surface area contributed by atoms with Crippen LogP contribution in [-0.4, -0.2) is 18.4 Å². The predicted molar refractivity (Wildman–Crippen MR) is 105 cm³/mol. The van der Waals surface area contributed by atoms with Crippen LogP contribution in [0.1, 0.15) is 0 Å². The molecule has 134 valence electrons. The van der Waals surface area contributed by atoms with Gasteiger partial charge in [-0.3, -0.25) is 9.78 Å². The molecule has 2 aromatic heterocycles. The van der Waals surface area contributed by atoms with Gasteiger partial charge >= 0.3 is 0 Å². The van der Waals surface area contributed by atoms with E-state index in [9.17, 15) is 13.2 Å². The first-order chi connectivity index (χ1) is 13.1. The van der Waals surface area contributed by atoms with Crippen molar-refractivity contribution in [1.29, 1.82) is 0 Å². The molecule has 0 aliphatic heterocycles. The van der Waals surface area contributed by atoms with Crippen molar-refractivity contribution in [3.8, 4) is 0 Å². The highest BCUT2D eigenvalue weighted by Gasteiger charge is 2.29. The molecular weight excluding hydrogens is 362 g/mol. The fourth-order valence-corrected chi connectivity index (χ4v) is 4.36. The maximum absolute atomic E-state index is 13.4. The zero-order valence-electron chi connectivity index (χ0n) is 14.1. The Hall–Kier alpha value is -3.45. The lowest BCUT2D eigenvalue weighted by Crippen LogP contribution is -2.31. The van der Waals surface area contributed by atoms with Crippen LogP contribution < -0.4 is 9.86 Å². The first kappa shape index (κ1) is 17.0. The SMILES string of the molecule is O=c1[nH]c2ccccc2cc1N(c1cccnc1)S(=O)(=O)c1ccccc1. The molecule has 27 heavy (non-hydrogen) atoms. The molecule has 0 atom stereocenters. The number of fused-ring (bicyclic) bond motifs is 1. The van der Waals surface area contributed by atoms with E-state index in [1.54, 1.807) is 54.7 Å². The number of aromatic amines is 1. The Labute approximate surface area is 155 Å². The maximum atomic E-state index is 13.4. The van der Waals surface area contributed by atoms with E-state index in [1.807, 2.05) is 12.1 Å². The maximum Gasteiger partial charge on any atom is 0.273 e. The van der Waals surface area contributed by atoms with Crippen LogP contribution in [0.2, 0.25) is 0 Å². The zero-order chi connectivity index (χ0) is 18.9. The Morgan fingerprint density at radius 1 is 0.889 bits per heavy atom. The smallest absolute Gasteiger partial charge is 0.273 e. The van der Waals surface area contributed by atoms with Crippen LogP contribution in [0.3, 0.4) is 0 Å². The molecule has 2 aromatic carbocycles. The van der Waals surface area contributed by atoms with Crippen molar-refractivity contribution in [2.75, 3.05) is 4.31 Å². The summed E-state index contributed by atoms with van der Waals surface area (Å²) in [5, 5.41) is 0.726. The van der Waals surface area contributed by atoms with E-state index in [4.69, 9.17) is 0 Å². The minimum absolute atomic E-state index is 0.00514. The molecule has 0 fully saturated rings. The molecule has 4 rings (SSSR count). The van der Waals surface area contributed by atoms with Crippen LogP contribution >= 0.6 is 0 Å². The highest BCUT2D eigenvalue weighted by molar-refractivity contribution is 7.93. The van der Waals surface area contributed by atoms with Gasteiger partial charge in [-0.1, -0.05) is 36.4 Å². The first-order valence-corrected chi connectivity index (χ1v) is 9.64. The summed E-state index contributed by atoms with van der Waals surface area (Å²) in [6.07, 6.45) is 2.95. The molecule has 0 saturated heterocycles. The van der Waals surface area contributed by atoms with Crippen molar-refractivity contribution in [3.05, 3.63) is 95.5 Å². The number of hydrogen-bond donors (Lipinski definition) is 1. The van der Waals surface area contributed by atoms with Crippen molar-refractivity contribution in [3.63, 3.8) is 0 Å². The summed E-state index contributed by atoms with van der Waals surface area (Å²) in [6.45, 7) is 0. The van der Waals surface area contributed by atoms with Crippen molar-refractivity contribution in [2.24, 2.45) is 0 Å². The number of anilines is 2. The van der Waals surface area contributed by atoms with E-state index in [1.165, 1.54) is 18.3 Å². The number of nitrogens with zero attached hydrogens (tertiary/aromatic N) is 2. The lowest BCUT2D eigenvalue weighted by Gasteiger charge is -2.23. The highest BCUT2D eigenvalue weighted by Crippen LogP contribution is 2.30. The first-order valence-electron chi connectivity index (χ1n) is 8.20. The molecule has 0 radical (unpaired) electrons. The van der Waals surface area contributed by atoms with Gasteiger partial charge in [0.15, 0.2) is 0 Å². The summed E-state index contributed by atoms with van der Waals surface area (Å²) in [7, 11) is -4.02. The van der Waals surface area contributed by atoms with E-state index in [-0.39, 0.29) is 16.3 Å². The third-order valence-corrected chi connectivity index (χ3v) is 5.87. The van der Waals surface area contributed by atoms with Crippen molar-refractivity contribution in [2.45, 2.75) is 4.90 Å². The van der Waals surface area contributed by atoms with Gasteiger partial charge in [-0.05, 0) is 36.4 Å². The summed E-state index contributed by atoms with van der Waals surface area (Å²) >= 11 is 0. The Morgan fingerprint density at radius 2 is 1.63 bits per heavy atom. The molecule has 0 spiro atoms. The summed E-state index contributed by atoms with van der Waals surface area (Å²) in [6, 6.07) is 20.0. The third-order valence-electron chi connectivity index (χ3n) is 4.11. The highest BCUT2D eigenvalue weighted by atomic mass is 32.2. The minimum atomic E-state index is -4.02. The van der Waals surface area contributed by atoms with E-state index < -0.39 is 15.6 Å². The van der Waals surface area contributed by atoms with Crippen LogP contribution in [0.15, 0.2) is 94.9 Å². The number of H-pyrrole nitrogens is 1. The van der Waals surface area contributed by atoms with E-state index >= 15 is 0 Å². The van der Waals surface area contributed by atoms with Gasteiger partial charge < -0.3 is 4.98 Å². The van der Waals surface area contributed by atoms with Gasteiger partial charge in [0.2, 0.25) is 0 Å². The number of sulfonamides is 1. The van der Waals surface area contributed by atoms with Crippen LogP contribution in [0.25, 0.3) is 10.9 Å². The summed E-state index contributed by atoms with van der Waals surface area (Å²) in [5.41, 5.74) is 0.416. The Bertz CT molecular complexity index is 1250. The van der Waals surface area contributed by atoms with Gasteiger partial charge in [0.05, 0.1) is 16.8 Å². The summed E-state index contributed by atoms with van der Waals surface area (Å²) in [4.78, 5) is 19.6. The lowest BCUT2D eigenvalue weighted by atomic mass is 10.2. The molecule has 7 heteroatoms. The van der Waals surface area contributed by atoms with Crippen LogP contribution in [-0.2, 0) is 10.0 Å². The van der Waals surface area contributed by atoms with Gasteiger partial charge in [0.25, 0.3) is 15.6 Å². The molecule has 0 unspecified atom stereocenters. The number of para-hydroxylation sites is 1. The molecule has 0 bridgehead atoms. The van der Waals surface area contributed by atoms with Gasteiger partial charge in [-0.25, -0.2) is 12.7 Å². The number of rotatable bonds is 4. The summed E-state index contributed by atoms with van der Waals surface area (Å²) < 4.78 is 27.8. The quantitative estimate of drug-likeness (QED) is 0.590. The number of hydrogen-bond acceptors (Lipinski definition) is 4. The molecule has 6 nitrogen and oxygen atoms in total. The van der Waals surface area contributed by atoms with Crippen molar-refractivity contribution >= 4 is 32.3 Å². The average molecular weight is 377 g/mol. The Morgan fingerprint density at radius 3 is 2.37 bits per heavy atom. The van der Waals surface area contributed by atoms with Crippen molar-refractivity contribution < 1.29 is 8.42 Å². The Balaban J connectivity index is 2.01. The van der Waals surface area contributed by atoms with Gasteiger partial charge in [-0.2, -0.15) is 0 Å². The Kier molecular flexibility index (Phi) is 4.21. The fraction of sp³-hybridized carbons (Fsp3) is 0. The normalized spacial score (nSPS) is 11.4. The molecule has 4 aromatic rings. The summed E-state index contributed by atoms with van der Waals surface area (Å²) in [5.74, 6) is 0. The monoisotopic (exact) mass is 377 g/mol. The largest absolute Gasteiger partial charge is 0.320 e. The standard InChI is InChI=1S/C20H15N3O3S/c24-20-19(13-15-7-4-5-11-18(15)22-20)23(16-8-6-12-21-14-16)27(25,26)17-9-2-1-3-10-17/h1-14H,(H,22,24). The second-order valence-corrected chi connectivity index (χ2v) is 7.65. The van der Waals surface area contributed by atoms with Gasteiger partial charge in [0.1, 0.15) is 5.69 Å².